The Labute approximate surface area is 107 Å². The Bertz CT molecular complexity index is 542. The molecule has 0 aliphatic heterocycles. The van der Waals surface area contributed by atoms with Crippen LogP contribution in [0.1, 0.15) is 10.4 Å². The average Bonchev–Trinajstić information content (AvgIpc) is 2.35. The molecule has 0 saturated heterocycles. The van der Waals surface area contributed by atoms with Gasteiger partial charge in [-0.15, -0.1) is 0 Å². The first kappa shape index (κ1) is 14.5. The van der Waals surface area contributed by atoms with Gasteiger partial charge in [-0.25, -0.2) is 13.5 Å². The molecule has 0 aliphatic carbocycles. The van der Waals surface area contributed by atoms with Crippen LogP contribution in [0.25, 0.3) is 0 Å². The molecular formula is C11H16N2O4S. The van der Waals surface area contributed by atoms with Gasteiger partial charge < -0.3 is 0 Å². The Balaban J connectivity index is 3.11. The number of benzene rings is 1. The van der Waals surface area contributed by atoms with E-state index in [0.29, 0.717) is 11.3 Å². The Morgan fingerprint density at radius 2 is 1.89 bits per heavy atom. The number of anilines is 1. The van der Waals surface area contributed by atoms with E-state index in [1.807, 2.05) is 0 Å². The van der Waals surface area contributed by atoms with Crippen LogP contribution >= 0.6 is 0 Å². The molecule has 0 aliphatic rings. The fourth-order valence-electron chi connectivity index (χ4n) is 1.29. The van der Waals surface area contributed by atoms with Gasteiger partial charge in [0.15, 0.2) is 0 Å². The molecule has 1 amide bonds. The zero-order valence-electron chi connectivity index (χ0n) is 10.7. The molecule has 100 valence electrons. The van der Waals surface area contributed by atoms with E-state index in [0.717, 1.165) is 15.6 Å². The maximum atomic E-state index is 11.8. The van der Waals surface area contributed by atoms with Gasteiger partial charge in [0.2, 0.25) is 10.0 Å². The van der Waals surface area contributed by atoms with Crippen LogP contribution in [0, 0.1) is 0 Å². The minimum absolute atomic E-state index is 0.346. The highest BCUT2D eigenvalue weighted by Crippen LogP contribution is 2.18. The van der Waals surface area contributed by atoms with Gasteiger partial charge in [0.1, 0.15) is 0 Å². The highest BCUT2D eigenvalue weighted by atomic mass is 32.2. The Hall–Kier alpha value is -1.60. The Kier molecular flexibility index (Phi) is 4.31. The maximum Gasteiger partial charge on any atom is 0.277 e. The maximum absolute atomic E-state index is 11.8. The van der Waals surface area contributed by atoms with Crippen LogP contribution in [0.4, 0.5) is 5.69 Å². The molecular weight excluding hydrogens is 256 g/mol. The largest absolute Gasteiger partial charge is 0.277 e. The van der Waals surface area contributed by atoms with Gasteiger partial charge in [-0.05, 0) is 18.2 Å². The van der Waals surface area contributed by atoms with Crippen LogP contribution in [-0.2, 0) is 14.9 Å². The van der Waals surface area contributed by atoms with Crippen molar-refractivity contribution in [3.63, 3.8) is 0 Å². The van der Waals surface area contributed by atoms with Crippen LogP contribution in [0.5, 0.6) is 0 Å². The minimum Gasteiger partial charge on any atom is -0.274 e. The van der Waals surface area contributed by atoms with Crippen LogP contribution in [0.3, 0.4) is 0 Å². The molecule has 0 radical (unpaired) electrons. The van der Waals surface area contributed by atoms with Crippen molar-refractivity contribution in [1.29, 1.82) is 0 Å². The van der Waals surface area contributed by atoms with Crippen LogP contribution in [-0.4, -0.2) is 46.8 Å². The van der Waals surface area contributed by atoms with Crippen molar-refractivity contribution in [2.45, 2.75) is 0 Å². The van der Waals surface area contributed by atoms with E-state index in [4.69, 9.17) is 4.84 Å². The lowest BCUT2D eigenvalue weighted by molar-refractivity contribution is -0.0756. The van der Waals surface area contributed by atoms with Crippen LogP contribution in [0.15, 0.2) is 24.3 Å². The molecule has 0 aromatic heterocycles. The molecule has 1 aromatic rings. The van der Waals surface area contributed by atoms with Crippen LogP contribution in [0.2, 0.25) is 0 Å². The fourth-order valence-corrected chi connectivity index (χ4v) is 1.79. The normalized spacial score (nSPS) is 11.1. The summed E-state index contributed by atoms with van der Waals surface area (Å²) >= 11 is 0. The van der Waals surface area contributed by atoms with E-state index in [-0.39, 0.29) is 5.91 Å². The molecule has 0 heterocycles. The average molecular weight is 272 g/mol. The molecule has 7 heteroatoms. The number of hydrogen-bond acceptors (Lipinski definition) is 4. The lowest BCUT2D eigenvalue weighted by Crippen LogP contribution is -2.27. The lowest BCUT2D eigenvalue weighted by Gasteiger charge is -2.18. The first-order chi connectivity index (χ1) is 8.27. The standard InChI is InChI=1S/C11H16N2O4S/c1-12(17-3)11(14)9-6-5-7-10(8-9)13(2)18(4,15)16/h5-8H,1-4H3. The second-order valence-electron chi connectivity index (χ2n) is 3.77. The molecule has 0 N–H and O–H groups in total. The summed E-state index contributed by atoms with van der Waals surface area (Å²) in [5.74, 6) is -0.346. The summed E-state index contributed by atoms with van der Waals surface area (Å²) in [4.78, 5) is 16.6. The fraction of sp³-hybridized carbons (Fsp3) is 0.364. The van der Waals surface area contributed by atoms with Crippen LogP contribution < -0.4 is 4.31 Å². The van der Waals surface area contributed by atoms with Crippen molar-refractivity contribution in [2.75, 3.05) is 31.8 Å². The summed E-state index contributed by atoms with van der Waals surface area (Å²) in [6.07, 6.45) is 1.10. The van der Waals surface area contributed by atoms with Crippen molar-refractivity contribution in [1.82, 2.24) is 5.06 Å². The van der Waals surface area contributed by atoms with Crippen molar-refractivity contribution in [3.05, 3.63) is 29.8 Å². The third-order valence-electron chi connectivity index (χ3n) is 2.51. The highest BCUT2D eigenvalue weighted by Gasteiger charge is 2.16. The molecule has 1 aromatic carbocycles. The number of carbonyl (C=O) groups excluding carboxylic acids is 1. The van der Waals surface area contributed by atoms with Crippen molar-refractivity contribution in [2.24, 2.45) is 0 Å². The van der Waals surface area contributed by atoms with E-state index < -0.39 is 10.0 Å². The number of rotatable bonds is 4. The Morgan fingerprint density at radius 1 is 1.28 bits per heavy atom. The van der Waals surface area contributed by atoms with Crippen molar-refractivity contribution >= 4 is 21.6 Å². The lowest BCUT2D eigenvalue weighted by atomic mass is 10.2. The smallest absolute Gasteiger partial charge is 0.274 e. The summed E-state index contributed by atoms with van der Waals surface area (Å²) in [6, 6.07) is 6.33. The third kappa shape index (κ3) is 3.21. The number of hydroxylamine groups is 2. The van der Waals surface area contributed by atoms with E-state index in [1.165, 1.54) is 27.3 Å². The van der Waals surface area contributed by atoms with Crippen molar-refractivity contribution < 1.29 is 18.0 Å². The molecule has 6 nitrogen and oxygen atoms in total. The third-order valence-corrected chi connectivity index (χ3v) is 3.72. The quantitative estimate of drug-likeness (QED) is 0.757. The molecule has 0 bridgehead atoms. The predicted molar refractivity (Wildman–Crippen MR) is 68.8 cm³/mol. The summed E-state index contributed by atoms with van der Waals surface area (Å²) < 4.78 is 23.9. The van der Waals surface area contributed by atoms with Gasteiger partial charge in [0.05, 0.1) is 19.1 Å². The first-order valence-electron chi connectivity index (χ1n) is 5.13. The van der Waals surface area contributed by atoms with Gasteiger partial charge in [-0.1, -0.05) is 6.07 Å². The number of carbonyl (C=O) groups is 1. The summed E-state index contributed by atoms with van der Waals surface area (Å²) in [5, 5.41) is 1.07. The summed E-state index contributed by atoms with van der Waals surface area (Å²) in [7, 11) is 0.943. The molecule has 0 saturated carbocycles. The van der Waals surface area contributed by atoms with E-state index >= 15 is 0 Å². The second-order valence-corrected chi connectivity index (χ2v) is 5.78. The van der Waals surface area contributed by atoms with E-state index in [2.05, 4.69) is 0 Å². The van der Waals surface area contributed by atoms with Gasteiger partial charge in [0, 0.05) is 19.7 Å². The zero-order valence-corrected chi connectivity index (χ0v) is 11.6. The number of hydrogen-bond donors (Lipinski definition) is 0. The number of sulfonamides is 1. The summed E-state index contributed by atoms with van der Waals surface area (Å²) in [6.45, 7) is 0. The topological polar surface area (TPSA) is 66.9 Å². The molecule has 0 atom stereocenters. The summed E-state index contributed by atoms with van der Waals surface area (Å²) in [5.41, 5.74) is 0.778. The van der Waals surface area contributed by atoms with E-state index in [9.17, 15) is 13.2 Å². The van der Waals surface area contributed by atoms with Gasteiger partial charge in [-0.2, -0.15) is 0 Å². The van der Waals surface area contributed by atoms with E-state index in [1.54, 1.807) is 18.2 Å². The van der Waals surface area contributed by atoms with Crippen molar-refractivity contribution in [3.8, 4) is 0 Å². The zero-order chi connectivity index (χ0) is 13.9. The molecule has 0 spiro atoms. The highest BCUT2D eigenvalue weighted by molar-refractivity contribution is 7.92. The minimum atomic E-state index is -3.35. The Morgan fingerprint density at radius 3 is 2.39 bits per heavy atom. The molecule has 18 heavy (non-hydrogen) atoms. The number of amides is 1. The molecule has 1 rings (SSSR count). The molecule has 0 unspecified atom stereocenters. The number of nitrogens with zero attached hydrogens (tertiary/aromatic N) is 2. The SMILES string of the molecule is CON(C)C(=O)c1cccc(N(C)S(C)(=O)=O)c1. The van der Waals surface area contributed by atoms with Gasteiger partial charge in [0.25, 0.3) is 5.91 Å². The molecule has 0 fully saturated rings. The van der Waals surface area contributed by atoms with Gasteiger partial charge in [-0.3, -0.25) is 13.9 Å². The monoisotopic (exact) mass is 272 g/mol. The first-order valence-corrected chi connectivity index (χ1v) is 6.98. The van der Waals surface area contributed by atoms with Gasteiger partial charge >= 0.3 is 0 Å². The second kappa shape index (κ2) is 5.36. The predicted octanol–water partition coefficient (Wildman–Crippen LogP) is 0.716.